The Bertz CT molecular complexity index is 1470. The molecule has 4 aromatic carbocycles. The van der Waals surface area contributed by atoms with E-state index in [4.69, 9.17) is 27.9 Å². The van der Waals surface area contributed by atoms with Crippen LogP contribution in [0.25, 0.3) is 16.8 Å². The van der Waals surface area contributed by atoms with E-state index in [1.165, 1.54) is 11.8 Å². The Morgan fingerprint density at radius 2 is 1.69 bits per heavy atom. The third kappa shape index (κ3) is 5.38. The Morgan fingerprint density at radius 1 is 0.971 bits per heavy atom. The maximum absolute atomic E-state index is 12.5. The quantitative estimate of drug-likeness (QED) is 0.273. The van der Waals surface area contributed by atoms with Gasteiger partial charge in [-0.05, 0) is 70.9 Å². The molecule has 0 atom stereocenters. The first-order valence-electron chi connectivity index (χ1n) is 10.9. The highest BCUT2D eigenvalue weighted by atomic mass is 35.5. The molecule has 1 saturated heterocycles. The summed E-state index contributed by atoms with van der Waals surface area (Å²) in [6, 6.07) is 25.5. The second-order valence-corrected chi connectivity index (χ2v) is 9.90. The van der Waals surface area contributed by atoms with E-state index < -0.39 is 0 Å². The monoisotopic (exact) mass is 518 g/mol. The number of hydrogen-bond donors (Lipinski definition) is 1. The number of aliphatic imine (C=N–C) groups is 1. The van der Waals surface area contributed by atoms with Crippen LogP contribution in [0, 0.1) is 6.92 Å². The van der Waals surface area contributed by atoms with Gasteiger partial charge in [0.25, 0.3) is 5.91 Å². The summed E-state index contributed by atoms with van der Waals surface area (Å²) in [5, 5.41) is 6.34. The maximum Gasteiger partial charge on any atom is 0.264 e. The van der Waals surface area contributed by atoms with Crippen LogP contribution in [0.2, 0.25) is 10.0 Å². The third-order valence-corrected chi connectivity index (χ3v) is 6.96. The predicted octanol–water partition coefficient (Wildman–Crippen LogP) is 7.93. The van der Waals surface area contributed by atoms with Crippen molar-refractivity contribution in [1.82, 2.24) is 5.32 Å². The van der Waals surface area contributed by atoms with Crippen molar-refractivity contribution in [3.63, 3.8) is 0 Å². The Morgan fingerprint density at radius 3 is 2.46 bits per heavy atom. The molecule has 4 aromatic rings. The molecule has 1 aliphatic heterocycles. The SMILES string of the molecule is Cc1ccc(N=C2NC(=O)/C(=C\c3cc(Cl)c(OCc4cccc5ccccc45)c(Cl)c3)S2)cc1. The Labute approximate surface area is 217 Å². The smallest absolute Gasteiger partial charge is 0.264 e. The predicted molar refractivity (Wildman–Crippen MR) is 147 cm³/mol. The van der Waals surface area contributed by atoms with E-state index in [2.05, 4.69) is 28.5 Å². The zero-order valence-corrected chi connectivity index (χ0v) is 21.0. The fraction of sp³-hybridized carbons (Fsp3) is 0.0714. The van der Waals surface area contributed by atoms with Crippen LogP contribution in [0.1, 0.15) is 16.7 Å². The van der Waals surface area contributed by atoms with Crippen molar-refractivity contribution in [2.24, 2.45) is 4.99 Å². The number of hydrogen-bond acceptors (Lipinski definition) is 4. The molecule has 1 amide bonds. The van der Waals surface area contributed by atoms with Gasteiger partial charge in [-0.1, -0.05) is 83.4 Å². The molecule has 0 aliphatic carbocycles. The van der Waals surface area contributed by atoms with E-state index >= 15 is 0 Å². The summed E-state index contributed by atoms with van der Waals surface area (Å²) in [6.45, 7) is 2.35. The number of halogens is 2. The van der Waals surface area contributed by atoms with E-state index in [9.17, 15) is 4.79 Å². The van der Waals surface area contributed by atoms with Gasteiger partial charge in [-0.2, -0.15) is 0 Å². The highest BCUT2D eigenvalue weighted by Crippen LogP contribution is 2.37. The average Bonchev–Trinajstić information content (AvgIpc) is 3.18. The number of nitrogens with zero attached hydrogens (tertiary/aromatic N) is 1. The van der Waals surface area contributed by atoms with Crippen molar-refractivity contribution in [3.05, 3.63) is 111 Å². The number of amides is 1. The van der Waals surface area contributed by atoms with Gasteiger partial charge < -0.3 is 10.1 Å². The third-order valence-electron chi connectivity index (χ3n) is 5.49. The average molecular weight is 519 g/mol. The number of benzene rings is 4. The summed E-state index contributed by atoms with van der Waals surface area (Å²) in [5.74, 6) is 0.193. The molecule has 7 heteroatoms. The Hall–Kier alpha value is -3.25. The molecule has 0 radical (unpaired) electrons. The number of amidine groups is 1. The molecule has 4 nitrogen and oxygen atoms in total. The number of rotatable bonds is 5. The minimum Gasteiger partial charge on any atom is -0.486 e. The minimum atomic E-state index is -0.218. The highest BCUT2D eigenvalue weighted by molar-refractivity contribution is 8.18. The van der Waals surface area contributed by atoms with Crippen LogP contribution >= 0.6 is 35.0 Å². The molecule has 174 valence electrons. The van der Waals surface area contributed by atoms with Gasteiger partial charge in [0.05, 0.1) is 20.6 Å². The van der Waals surface area contributed by atoms with Crippen molar-refractivity contribution in [1.29, 1.82) is 0 Å². The van der Waals surface area contributed by atoms with Gasteiger partial charge in [0, 0.05) is 0 Å². The van der Waals surface area contributed by atoms with Crippen LogP contribution in [-0.2, 0) is 11.4 Å². The molecule has 0 spiro atoms. The Balaban J connectivity index is 1.34. The summed E-state index contributed by atoms with van der Waals surface area (Å²) in [5.41, 5.74) is 3.67. The molecule has 1 N–H and O–H groups in total. The first-order valence-corrected chi connectivity index (χ1v) is 12.5. The summed E-state index contributed by atoms with van der Waals surface area (Å²) in [7, 11) is 0. The van der Waals surface area contributed by atoms with E-state index in [1.54, 1.807) is 18.2 Å². The first-order chi connectivity index (χ1) is 17.0. The lowest BCUT2D eigenvalue weighted by Crippen LogP contribution is -2.19. The standard InChI is InChI=1S/C28H20Cl2N2O2S/c1-17-9-11-21(12-10-17)31-28-32-27(33)25(35-28)15-18-13-23(29)26(24(30)14-18)34-16-20-7-4-6-19-5-2-3-8-22(19)20/h2-15H,16H2,1H3,(H,31,32,33)/b25-15+. The largest absolute Gasteiger partial charge is 0.486 e. The summed E-state index contributed by atoms with van der Waals surface area (Å²) in [6.07, 6.45) is 1.74. The molecule has 1 fully saturated rings. The van der Waals surface area contributed by atoms with Crippen LogP contribution in [0.4, 0.5) is 5.69 Å². The first kappa shape index (κ1) is 23.5. The second kappa shape index (κ2) is 10.2. The fourth-order valence-electron chi connectivity index (χ4n) is 3.74. The number of fused-ring (bicyclic) bond motifs is 1. The van der Waals surface area contributed by atoms with E-state index in [1.807, 2.05) is 55.5 Å². The number of aryl methyl sites for hydroxylation is 1. The number of thioether (sulfide) groups is 1. The lowest BCUT2D eigenvalue weighted by atomic mass is 10.1. The zero-order chi connectivity index (χ0) is 24.4. The second-order valence-electron chi connectivity index (χ2n) is 8.06. The number of carbonyl (C=O) groups excluding carboxylic acids is 1. The van der Waals surface area contributed by atoms with E-state index in [0.717, 1.165) is 27.6 Å². The van der Waals surface area contributed by atoms with Gasteiger partial charge in [-0.3, -0.25) is 4.79 Å². The van der Waals surface area contributed by atoms with E-state index in [-0.39, 0.29) is 5.91 Å². The van der Waals surface area contributed by atoms with E-state index in [0.29, 0.717) is 38.0 Å². The van der Waals surface area contributed by atoms with Gasteiger partial charge in [-0.25, -0.2) is 4.99 Å². The summed E-state index contributed by atoms with van der Waals surface area (Å²) < 4.78 is 6.01. The topological polar surface area (TPSA) is 50.7 Å². The van der Waals surface area contributed by atoms with Crippen LogP contribution in [0.3, 0.4) is 0 Å². The molecular weight excluding hydrogens is 499 g/mol. The molecule has 35 heavy (non-hydrogen) atoms. The van der Waals surface area contributed by atoms with Crippen molar-refractivity contribution in [3.8, 4) is 5.75 Å². The molecule has 0 saturated carbocycles. The van der Waals surface area contributed by atoms with Crippen molar-refractivity contribution in [2.75, 3.05) is 0 Å². The van der Waals surface area contributed by atoms with Gasteiger partial charge >= 0.3 is 0 Å². The molecular formula is C28H20Cl2N2O2S. The molecule has 5 rings (SSSR count). The van der Waals surface area contributed by atoms with Crippen LogP contribution < -0.4 is 10.1 Å². The summed E-state index contributed by atoms with van der Waals surface area (Å²) in [4.78, 5) is 17.5. The molecule has 0 unspecified atom stereocenters. The fourth-order valence-corrected chi connectivity index (χ4v) is 5.19. The number of nitrogens with one attached hydrogen (secondary N) is 1. The highest BCUT2D eigenvalue weighted by Gasteiger charge is 2.24. The van der Waals surface area contributed by atoms with Gasteiger partial charge in [0.15, 0.2) is 10.9 Å². The summed E-state index contributed by atoms with van der Waals surface area (Å²) >= 11 is 14.3. The van der Waals surface area contributed by atoms with Crippen LogP contribution in [0.15, 0.2) is 88.8 Å². The van der Waals surface area contributed by atoms with Gasteiger partial charge in [0.1, 0.15) is 6.61 Å². The molecule has 1 heterocycles. The maximum atomic E-state index is 12.5. The van der Waals surface area contributed by atoms with Crippen molar-refractivity contribution >= 4 is 68.6 Å². The number of ether oxygens (including phenoxy) is 1. The van der Waals surface area contributed by atoms with Gasteiger partial charge in [-0.15, -0.1) is 0 Å². The lowest BCUT2D eigenvalue weighted by molar-refractivity contribution is -0.115. The van der Waals surface area contributed by atoms with Crippen molar-refractivity contribution < 1.29 is 9.53 Å². The normalized spacial score (nSPS) is 15.7. The van der Waals surface area contributed by atoms with Crippen LogP contribution in [0.5, 0.6) is 5.75 Å². The molecule has 1 aliphatic rings. The van der Waals surface area contributed by atoms with Crippen molar-refractivity contribution in [2.45, 2.75) is 13.5 Å². The lowest BCUT2D eigenvalue weighted by Gasteiger charge is -2.12. The van der Waals surface area contributed by atoms with Gasteiger partial charge in [0.2, 0.25) is 0 Å². The molecule has 0 bridgehead atoms. The zero-order valence-electron chi connectivity index (χ0n) is 18.7. The Kier molecular flexibility index (Phi) is 6.82. The minimum absolute atomic E-state index is 0.218. The number of carbonyl (C=O) groups is 1. The van der Waals surface area contributed by atoms with Crippen LogP contribution in [-0.4, -0.2) is 11.1 Å². The molecule has 0 aromatic heterocycles.